The minimum absolute atomic E-state index is 0.138. The van der Waals surface area contributed by atoms with Crippen LogP contribution in [0, 0.1) is 17.2 Å². The Morgan fingerprint density at radius 3 is 2.55 bits per heavy atom. The molecular formula is C22H24N4O3. The van der Waals surface area contributed by atoms with Crippen LogP contribution in [-0.4, -0.2) is 34.8 Å². The molecule has 1 aliphatic heterocycles. The van der Waals surface area contributed by atoms with E-state index in [9.17, 15) is 19.6 Å². The zero-order chi connectivity index (χ0) is 21.4. The average molecular weight is 392 g/mol. The quantitative estimate of drug-likeness (QED) is 0.764. The van der Waals surface area contributed by atoms with E-state index in [2.05, 4.69) is 16.7 Å². The van der Waals surface area contributed by atoms with Gasteiger partial charge in [0.2, 0.25) is 5.91 Å². The fourth-order valence-corrected chi connectivity index (χ4v) is 3.46. The summed E-state index contributed by atoms with van der Waals surface area (Å²) in [6.07, 6.45) is 0. The first kappa shape index (κ1) is 20.3. The number of hydrogen-bond acceptors (Lipinski definition) is 4. The van der Waals surface area contributed by atoms with Crippen LogP contribution >= 0.6 is 0 Å². The molecule has 0 saturated carbocycles. The van der Waals surface area contributed by atoms with Gasteiger partial charge in [0.05, 0.1) is 6.07 Å². The minimum atomic E-state index is -1.28. The Morgan fingerprint density at radius 1 is 1.24 bits per heavy atom. The van der Waals surface area contributed by atoms with Crippen molar-refractivity contribution in [2.24, 2.45) is 5.92 Å². The number of urea groups is 1. The predicted octanol–water partition coefficient (Wildman–Crippen LogP) is 2.66. The van der Waals surface area contributed by atoms with Crippen molar-refractivity contribution in [3.63, 3.8) is 0 Å². The van der Waals surface area contributed by atoms with Gasteiger partial charge in [0.25, 0.3) is 5.91 Å². The molecule has 2 aromatic rings. The largest absolute Gasteiger partial charge is 0.336 e. The van der Waals surface area contributed by atoms with E-state index in [1.54, 1.807) is 19.9 Å². The van der Waals surface area contributed by atoms with E-state index in [0.717, 1.165) is 15.7 Å². The lowest BCUT2D eigenvalue weighted by atomic mass is 9.87. The number of nitrogens with one attached hydrogen (secondary N) is 2. The van der Waals surface area contributed by atoms with E-state index < -0.39 is 35.5 Å². The number of carbonyl (C=O) groups is 3. The number of amides is 4. The lowest BCUT2D eigenvalue weighted by molar-refractivity contribution is -0.135. The summed E-state index contributed by atoms with van der Waals surface area (Å²) in [5.74, 6) is -1.20. The number of nitrogens with zero attached hydrogens (tertiary/aromatic N) is 2. The molecule has 0 aliphatic carbocycles. The summed E-state index contributed by atoms with van der Waals surface area (Å²) in [4.78, 5) is 39.1. The van der Waals surface area contributed by atoms with Gasteiger partial charge in [0.15, 0.2) is 0 Å². The molecule has 7 heteroatoms. The van der Waals surface area contributed by atoms with E-state index in [4.69, 9.17) is 0 Å². The average Bonchev–Trinajstić information content (AvgIpc) is 2.91. The summed E-state index contributed by atoms with van der Waals surface area (Å²) < 4.78 is 0. The summed E-state index contributed by atoms with van der Waals surface area (Å²) in [5.41, 5.74) is -1.70. The van der Waals surface area contributed by atoms with Gasteiger partial charge in [-0.05, 0) is 36.1 Å². The Kier molecular flexibility index (Phi) is 5.05. The number of carbonyl (C=O) groups excluding carboxylic acids is 3. The van der Waals surface area contributed by atoms with E-state index in [1.165, 1.54) is 0 Å². The molecule has 29 heavy (non-hydrogen) atoms. The van der Waals surface area contributed by atoms with Crippen molar-refractivity contribution in [1.29, 1.82) is 5.26 Å². The van der Waals surface area contributed by atoms with E-state index in [-0.39, 0.29) is 5.92 Å². The van der Waals surface area contributed by atoms with E-state index >= 15 is 0 Å². The first-order valence-electron chi connectivity index (χ1n) is 9.47. The molecule has 0 bridgehead atoms. The Balaban J connectivity index is 1.88. The molecule has 2 aromatic carbocycles. The fraction of sp³-hybridized carbons (Fsp3) is 0.364. The number of fused-ring (bicyclic) bond motifs is 1. The molecule has 3 rings (SSSR count). The Labute approximate surface area is 169 Å². The standard InChI is InChI=1S/C22H24N4O3/c1-14(2)21(3,13-23)24-18(27)12-26-19(28)22(4,25-20(26)29)17-11-7-9-15-8-5-6-10-16(15)17/h5-11,14H,12H2,1-4H3,(H,24,27)(H,25,29)/t21-,22-/m0/s1. The first-order chi connectivity index (χ1) is 13.6. The highest BCUT2D eigenvalue weighted by Crippen LogP contribution is 2.33. The number of rotatable bonds is 5. The molecule has 0 radical (unpaired) electrons. The van der Waals surface area contributed by atoms with Crippen LogP contribution in [-0.2, 0) is 15.1 Å². The summed E-state index contributed by atoms with van der Waals surface area (Å²) >= 11 is 0. The van der Waals surface area contributed by atoms with Gasteiger partial charge in [-0.15, -0.1) is 0 Å². The molecule has 1 saturated heterocycles. The highest BCUT2D eigenvalue weighted by molar-refractivity contribution is 6.10. The normalized spacial score (nSPS) is 21.0. The Hall–Kier alpha value is -3.40. The maximum Gasteiger partial charge on any atom is 0.325 e. The third-order valence-electron chi connectivity index (χ3n) is 5.69. The van der Waals surface area contributed by atoms with Crippen LogP contribution < -0.4 is 10.6 Å². The van der Waals surface area contributed by atoms with Crippen LogP contribution in [0.1, 0.15) is 33.3 Å². The van der Waals surface area contributed by atoms with E-state index in [0.29, 0.717) is 5.56 Å². The highest BCUT2D eigenvalue weighted by Gasteiger charge is 2.50. The monoisotopic (exact) mass is 392 g/mol. The predicted molar refractivity (Wildman–Crippen MR) is 109 cm³/mol. The molecule has 150 valence electrons. The summed E-state index contributed by atoms with van der Waals surface area (Å²) in [7, 11) is 0. The zero-order valence-electron chi connectivity index (χ0n) is 16.9. The number of benzene rings is 2. The van der Waals surface area contributed by atoms with Gasteiger partial charge in [0.1, 0.15) is 17.6 Å². The molecule has 2 N–H and O–H groups in total. The highest BCUT2D eigenvalue weighted by atomic mass is 16.2. The van der Waals surface area contributed by atoms with Crippen LogP contribution in [0.3, 0.4) is 0 Å². The second-order valence-corrected chi connectivity index (χ2v) is 7.99. The summed E-state index contributed by atoms with van der Waals surface area (Å²) in [6, 6.07) is 14.6. The van der Waals surface area contributed by atoms with Gasteiger partial charge in [-0.2, -0.15) is 5.26 Å². The Bertz CT molecular complexity index is 1040. The van der Waals surface area contributed by atoms with E-state index in [1.807, 2.05) is 50.2 Å². The number of hydrogen-bond donors (Lipinski definition) is 2. The molecule has 0 aromatic heterocycles. The van der Waals surface area contributed by atoms with Crippen molar-refractivity contribution in [3.8, 4) is 6.07 Å². The second kappa shape index (κ2) is 7.21. The van der Waals surface area contributed by atoms with Crippen LogP contribution in [0.2, 0.25) is 0 Å². The van der Waals surface area contributed by atoms with Gasteiger partial charge in [0, 0.05) is 0 Å². The molecule has 1 aliphatic rings. The fourth-order valence-electron chi connectivity index (χ4n) is 3.46. The summed E-state index contributed by atoms with van der Waals surface area (Å²) in [6.45, 7) is 6.43. The maximum absolute atomic E-state index is 13.2. The van der Waals surface area contributed by atoms with Crippen molar-refractivity contribution < 1.29 is 14.4 Å². The van der Waals surface area contributed by atoms with Gasteiger partial charge in [-0.25, -0.2) is 4.79 Å². The number of imide groups is 1. The van der Waals surface area contributed by atoms with Crippen LogP contribution in [0.25, 0.3) is 10.8 Å². The SMILES string of the molecule is CC(C)[C@](C)(C#N)NC(=O)CN1C(=O)N[C@@](C)(c2cccc3ccccc23)C1=O. The molecule has 0 spiro atoms. The molecular weight excluding hydrogens is 368 g/mol. The van der Waals surface area contributed by atoms with Gasteiger partial charge in [-0.3, -0.25) is 14.5 Å². The smallest absolute Gasteiger partial charge is 0.325 e. The molecule has 0 unspecified atom stereocenters. The first-order valence-corrected chi connectivity index (χ1v) is 9.47. The maximum atomic E-state index is 13.2. The molecule has 7 nitrogen and oxygen atoms in total. The van der Waals surface area contributed by atoms with Crippen LogP contribution in [0.4, 0.5) is 4.79 Å². The summed E-state index contributed by atoms with van der Waals surface area (Å²) in [5, 5.41) is 16.6. The van der Waals surface area contributed by atoms with Crippen molar-refractivity contribution in [3.05, 3.63) is 48.0 Å². The Morgan fingerprint density at radius 2 is 1.90 bits per heavy atom. The molecule has 1 heterocycles. The topological polar surface area (TPSA) is 102 Å². The lowest BCUT2D eigenvalue weighted by Gasteiger charge is -2.28. The molecule has 4 amide bonds. The zero-order valence-corrected chi connectivity index (χ0v) is 16.9. The molecule has 2 atom stereocenters. The minimum Gasteiger partial charge on any atom is -0.336 e. The van der Waals surface area contributed by atoms with Crippen molar-refractivity contribution in [2.75, 3.05) is 6.54 Å². The van der Waals surface area contributed by atoms with Crippen molar-refractivity contribution >= 4 is 28.6 Å². The molecule has 1 fully saturated rings. The van der Waals surface area contributed by atoms with Gasteiger partial charge < -0.3 is 10.6 Å². The van der Waals surface area contributed by atoms with Crippen molar-refractivity contribution in [2.45, 2.75) is 38.8 Å². The third-order valence-corrected chi connectivity index (χ3v) is 5.69. The lowest BCUT2D eigenvalue weighted by Crippen LogP contribution is -2.52. The number of nitriles is 1. The third kappa shape index (κ3) is 3.42. The van der Waals surface area contributed by atoms with Gasteiger partial charge >= 0.3 is 6.03 Å². The second-order valence-electron chi connectivity index (χ2n) is 7.99. The van der Waals surface area contributed by atoms with Gasteiger partial charge in [-0.1, -0.05) is 56.3 Å². The van der Waals surface area contributed by atoms with Crippen LogP contribution in [0.15, 0.2) is 42.5 Å². The van der Waals surface area contributed by atoms with Crippen LogP contribution in [0.5, 0.6) is 0 Å². The van der Waals surface area contributed by atoms with Crippen molar-refractivity contribution in [1.82, 2.24) is 15.5 Å².